The summed E-state index contributed by atoms with van der Waals surface area (Å²) in [7, 11) is 0. The fraction of sp³-hybridized carbons (Fsp3) is 0.0435. The molecule has 9 nitrogen and oxygen atoms in total. The van der Waals surface area contributed by atoms with Gasteiger partial charge in [0.15, 0.2) is 0 Å². The van der Waals surface area contributed by atoms with Crippen LogP contribution in [0, 0.1) is 4.91 Å². The molecule has 11 heteroatoms. The summed E-state index contributed by atoms with van der Waals surface area (Å²) in [5, 5.41) is 8.69. The lowest BCUT2D eigenvalue weighted by atomic mass is 10.2. The van der Waals surface area contributed by atoms with Crippen LogP contribution in [-0.2, 0) is 4.79 Å². The molecule has 0 aromatic heterocycles. The number of hydrogen-bond acceptors (Lipinski definition) is 6. The van der Waals surface area contributed by atoms with Gasteiger partial charge in [0.05, 0.1) is 11.1 Å². The van der Waals surface area contributed by atoms with Crippen LogP contribution in [0.4, 0.5) is 5.69 Å². The van der Waals surface area contributed by atoms with E-state index in [-0.39, 0.29) is 23.5 Å². The van der Waals surface area contributed by atoms with Crippen molar-refractivity contribution in [3.63, 3.8) is 0 Å². The zero-order valence-corrected chi connectivity index (χ0v) is 18.9. The van der Waals surface area contributed by atoms with Crippen LogP contribution in [0.25, 0.3) is 0 Å². The van der Waals surface area contributed by atoms with Gasteiger partial charge in [-0.1, -0.05) is 23.2 Å². The van der Waals surface area contributed by atoms with Crippen LogP contribution in [0.1, 0.15) is 26.3 Å². The second-order valence-electron chi connectivity index (χ2n) is 6.74. The van der Waals surface area contributed by atoms with E-state index in [0.29, 0.717) is 21.2 Å². The number of rotatable bonds is 8. The van der Waals surface area contributed by atoms with Crippen molar-refractivity contribution in [2.75, 3.05) is 6.54 Å². The van der Waals surface area contributed by atoms with E-state index in [2.05, 4.69) is 21.0 Å². The van der Waals surface area contributed by atoms with Gasteiger partial charge in [-0.25, -0.2) is 4.79 Å². The molecule has 3 rings (SSSR count). The van der Waals surface area contributed by atoms with E-state index >= 15 is 0 Å². The summed E-state index contributed by atoms with van der Waals surface area (Å²) in [6.45, 7) is -0.286. The lowest BCUT2D eigenvalue weighted by Gasteiger charge is -2.07. The molecule has 0 heterocycles. The summed E-state index contributed by atoms with van der Waals surface area (Å²) in [6.07, 6.45) is 1.37. The molecule has 0 radical (unpaired) electrons. The number of carbonyl (C=O) groups excluding carboxylic acids is 3. The number of hydrogen-bond donors (Lipinski definition) is 3. The van der Waals surface area contributed by atoms with Crippen molar-refractivity contribution in [3.05, 3.63) is 98.4 Å². The zero-order valence-electron chi connectivity index (χ0n) is 17.4. The third-order valence-corrected chi connectivity index (χ3v) is 4.83. The number of hydrazone groups is 1. The van der Waals surface area contributed by atoms with E-state index in [0.717, 1.165) is 0 Å². The number of halogens is 2. The van der Waals surface area contributed by atoms with Crippen LogP contribution in [0.5, 0.6) is 5.75 Å². The van der Waals surface area contributed by atoms with E-state index in [1.165, 1.54) is 60.8 Å². The van der Waals surface area contributed by atoms with Crippen LogP contribution in [0.15, 0.2) is 71.9 Å². The molecule has 0 atom stereocenters. The van der Waals surface area contributed by atoms with Crippen LogP contribution < -0.4 is 20.6 Å². The van der Waals surface area contributed by atoms with Crippen LogP contribution in [0.2, 0.25) is 10.0 Å². The van der Waals surface area contributed by atoms with Crippen molar-refractivity contribution in [1.29, 1.82) is 0 Å². The molecule has 3 N–H and O–H groups in total. The molecular formula is C23H17Cl2N4O5+. The number of esters is 1. The van der Waals surface area contributed by atoms with Gasteiger partial charge >= 0.3 is 5.97 Å². The second kappa shape index (κ2) is 11.7. The summed E-state index contributed by atoms with van der Waals surface area (Å²) in [4.78, 5) is 47.0. The van der Waals surface area contributed by atoms with Crippen molar-refractivity contribution in [3.8, 4) is 5.75 Å². The van der Waals surface area contributed by atoms with Crippen molar-refractivity contribution >= 4 is 52.9 Å². The number of carbonyl (C=O) groups is 3. The SMILES string of the molecule is O=Nc1ccc(C(=O)Oc2ccc(Cl)cc2/C=[NH+]/NC(=O)CNC(=O)c2ccc(Cl)cc2)cc1. The molecule has 0 saturated heterocycles. The molecule has 0 saturated carbocycles. The Hall–Kier alpha value is -4.08. The molecule has 0 aliphatic carbocycles. The van der Waals surface area contributed by atoms with Gasteiger partial charge < -0.3 is 10.1 Å². The molecule has 3 aromatic carbocycles. The largest absolute Gasteiger partial charge is 0.422 e. The Kier molecular flexibility index (Phi) is 8.44. The van der Waals surface area contributed by atoms with Gasteiger partial charge in [0.1, 0.15) is 18.0 Å². The van der Waals surface area contributed by atoms with E-state index < -0.39 is 17.8 Å². The molecule has 3 aromatic rings. The number of amides is 2. The summed E-state index contributed by atoms with van der Waals surface area (Å²) in [5.41, 5.74) is 3.52. The molecule has 0 spiro atoms. The predicted molar refractivity (Wildman–Crippen MR) is 126 cm³/mol. The molecule has 0 aliphatic heterocycles. The Morgan fingerprint density at radius 3 is 2.24 bits per heavy atom. The highest BCUT2D eigenvalue weighted by atomic mass is 35.5. The fourth-order valence-electron chi connectivity index (χ4n) is 2.64. The highest BCUT2D eigenvalue weighted by Gasteiger charge is 2.14. The Labute approximate surface area is 203 Å². The Bertz CT molecular complexity index is 1250. The number of nitroso groups, excluding NO2 is 1. The predicted octanol–water partition coefficient (Wildman–Crippen LogP) is 2.57. The van der Waals surface area contributed by atoms with Crippen molar-refractivity contribution in [2.45, 2.75) is 0 Å². The van der Waals surface area contributed by atoms with E-state index in [9.17, 15) is 19.3 Å². The maximum absolute atomic E-state index is 12.4. The Morgan fingerprint density at radius 2 is 1.56 bits per heavy atom. The van der Waals surface area contributed by atoms with Gasteiger partial charge in [-0.05, 0) is 71.9 Å². The third kappa shape index (κ3) is 6.96. The third-order valence-electron chi connectivity index (χ3n) is 4.34. The molecule has 0 unspecified atom stereocenters. The molecule has 2 amide bonds. The molecule has 0 fully saturated rings. The maximum Gasteiger partial charge on any atom is 0.343 e. The van der Waals surface area contributed by atoms with Gasteiger partial charge in [0, 0.05) is 15.6 Å². The van der Waals surface area contributed by atoms with E-state index in [4.69, 9.17) is 27.9 Å². The van der Waals surface area contributed by atoms with Crippen LogP contribution >= 0.6 is 23.2 Å². The van der Waals surface area contributed by atoms with Crippen LogP contribution in [-0.4, -0.2) is 30.5 Å². The highest BCUT2D eigenvalue weighted by molar-refractivity contribution is 6.31. The van der Waals surface area contributed by atoms with Crippen molar-refractivity contribution in [2.24, 2.45) is 5.18 Å². The second-order valence-corrected chi connectivity index (χ2v) is 7.61. The molecule has 0 aliphatic rings. The zero-order chi connectivity index (χ0) is 24.5. The first-order valence-corrected chi connectivity index (χ1v) is 10.5. The normalized spacial score (nSPS) is 10.5. The number of benzene rings is 3. The van der Waals surface area contributed by atoms with E-state index in [1.807, 2.05) is 0 Å². The van der Waals surface area contributed by atoms with Gasteiger partial charge in [0.25, 0.3) is 11.8 Å². The highest BCUT2D eigenvalue weighted by Crippen LogP contribution is 2.22. The van der Waals surface area contributed by atoms with Crippen LogP contribution in [0.3, 0.4) is 0 Å². The quantitative estimate of drug-likeness (QED) is 0.144. The first kappa shape index (κ1) is 24.6. The summed E-state index contributed by atoms with van der Waals surface area (Å²) in [6, 6.07) is 16.4. The van der Waals surface area contributed by atoms with Gasteiger partial charge in [-0.2, -0.15) is 0 Å². The topological polar surface area (TPSA) is 128 Å². The summed E-state index contributed by atoms with van der Waals surface area (Å²) >= 11 is 11.8. The average Bonchev–Trinajstić information content (AvgIpc) is 2.84. The minimum atomic E-state index is -0.664. The summed E-state index contributed by atoms with van der Waals surface area (Å²) in [5.74, 6) is -1.45. The first-order chi connectivity index (χ1) is 16.4. The minimum absolute atomic E-state index is 0.171. The number of nitrogens with zero attached hydrogens (tertiary/aromatic N) is 1. The monoisotopic (exact) mass is 499 g/mol. The fourth-order valence-corrected chi connectivity index (χ4v) is 2.95. The Morgan fingerprint density at radius 1 is 0.912 bits per heavy atom. The first-order valence-electron chi connectivity index (χ1n) is 9.72. The lowest BCUT2D eigenvalue weighted by molar-refractivity contribution is -0.505. The standard InChI is InChI=1S/C23H16Cl2N4O5/c24-17-5-1-14(2-6-17)22(31)26-13-21(30)28-27-12-16-11-18(25)7-10-20(16)34-23(32)15-3-8-19(29-33)9-4-15/h1-12H,13H2,(H,26,31)(H,28,30)/p+1/b27-12+. The smallest absolute Gasteiger partial charge is 0.343 e. The average molecular weight is 500 g/mol. The van der Waals surface area contributed by atoms with Crippen molar-refractivity contribution in [1.82, 2.24) is 10.7 Å². The number of ether oxygens (including phenoxy) is 1. The van der Waals surface area contributed by atoms with Gasteiger partial charge in [-0.3, -0.25) is 9.59 Å². The molecule has 34 heavy (non-hydrogen) atoms. The molecule has 0 bridgehead atoms. The molecular weight excluding hydrogens is 483 g/mol. The van der Waals surface area contributed by atoms with Crippen molar-refractivity contribution < 1.29 is 24.2 Å². The van der Waals surface area contributed by atoms with E-state index in [1.54, 1.807) is 12.1 Å². The summed E-state index contributed by atoms with van der Waals surface area (Å²) < 4.78 is 5.40. The Balaban J connectivity index is 1.59. The minimum Gasteiger partial charge on any atom is -0.422 e. The number of nitrogens with one attached hydrogen (secondary N) is 3. The maximum atomic E-state index is 12.4. The number of hydrazine groups is 1. The molecule has 172 valence electrons. The van der Waals surface area contributed by atoms with Gasteiger partial charge in [-0.15, -0.1) is 15.4 Å². The lowest BCUT2D eigenvalue weighted by Crippen LogP contribution is -2.82. The van der Waals surface area contributed by atoms with Gasteiger partial charge in [0.2, 0.25) is 6.21 Å².